The number of allylic oxidation sites excluding steroid dienone is 1. The Morgan fingerprint density at radius 2 is 1.83 bits per heavy atom. The molecule has 0 aromatic heterocycles. The number of amides is 3. The van der Waals surface area contributed by atoms with E-state index in [4.69, 9.17) is 9.47 Å². The number of likely N-dealkylation sites (N-methyl/N-ethyl adjacent to an activating group) is 1. The topological polar surface area (TPSA) is 117 Å². The molecule has 8 atom stereocenters. The molecule has 0 radical (unpaired) electrons. The van der Waals surface area contributed by atoms with Crippen molar-refractivity contribution in [1.29, 1.82) is 0 Å². The number of likely N-dealkylation sites (tertiary alicyclic amines) is 1. The van der Waals surface area contributed by atoms with E-state index in [1.165, 1.54) is 4.90 Å². The molecule has 3 heterocycles. The third kappa shape index (κ3) is 6.45. The summed E-state index contributed by atoms with van der Waals surface area (Å²) in [5.41, 5.74) is -0.475. The Morgan fingerprint density at radius 3 is 2.46 bits per heavy atom. The summed E-state index contributed by atoms with van der Waals surface area (Å²) < 4.78 is 13.0. The lowest BCUT2D eigenvalue weighted by molar-refractivity contribution is -0.165. The number of fused-ring (bicyclic) bond motifs is 1. The van der Waals surface area contributed by atoms with Gasteiger partial charge in [0.15, 0.2) is 0 Å². The molecule has 1 spiro atoms. The summed E-state index contributed by atoms with van der Waals surface area (Å²) in [5, 5.41) is 10.5. The van der Waals surface area contributed by atoms with Crippen molar-refractivity contribution in [3.8, 4) is 0 Å². The zero-order valence-electron chi connectivity index (χ0n) is 28.8. The number of rotatable bonds is 15. The van der Waals surface area contributed by atoms with Crippen LogP contribution in [-0.4, -0.2) is 99.6 Å². The van der Waals surface area contributed by atoms with Gasteiger partial charge in [-0.3, -0.25) is 19.2 Å². The van der Waals surface area contributed by atoms with E-state index in [0.717, 1.165) is 37.7 Å². The van der Waals surface area contributed by atoms with Crippen molar-refractivity contribution in [1.82, 2.24) is 14.7 Å². The van der Waals surface area contributed by atoms with Crippen LogP contribution in [0.25, 0.3) is 0 Å². The van der Waals surface area contributed by atoms with Crippen LogP contribution in [0.1, 0.15) is 89.7 Å². The lowest BCUT2D eigenvalue weighted by Gasteiger charge is -2.42. The SMILES string of the molecule is C=CCCC(=O)N(C)[C@@H](C)[C@@H](OC(=O)[C@@H]1[C@H]2C(=O)N([C@@H](CC)CO)[C@H](C(=O)N(CC=C)C3CCCCC3)[C@]23CC[C@H]1O3)c1ccccc1. The molecule has 3 amide bonds. The number of ether oxygens (including phenoxy) is 2. The van der Waals surface area contributed by atoms with Gasteiger partial charge in [0.1, 0.15) is 17.7 Å². The maximum absolute atomic E-state index is 14.8. The second-order valence-corrected chi connectivity index (χ2v) is 14.0. The molecule has 3 aliphatic heterocycles. The summed E-state index contributed by atoms with van der Waals surface area (Å²) in [7, 11) is 1.70. The Balaban J connectivity index is 1.48. The predicted molar refractivity (Wildman–Crippen MR) is 181 cm³/mol. The van der Waals surface area contributed by atoms with Crippen LogP contribution in [0.3, 0.4) is 0 Å². The second-order valence-electron chi connectivity index (χ2n) is 14.0. The van der Waals surface area contributed by atoms with Crippen LogP contribution in [-0.2, 0) is 28.7 Å². The van der Waals surface area contributed by atoms with Crippen molar-refractivity contribution < 1.29 is 33.8 Å². The first-order valence-electron chi connectivity index (χ1n) is 17.8. The van der Waals surface area contributed by atoms with Gasteiger partial charge in [-0.2, -0.15) is 0 Å². The van der Waals surface area contributed by atoms with Gasteiger partial charge in [-0.05, 0) is 51.0 Å². The maximum atomic E-state index is 14.8. The number of aliphatic hydroxyl groups excluding tert-OH is 1. The highest BCUT2D eigenvalue weighted by Crippen LogP contribution is 2.59. The van der Waals surface area contributed by atoms with E-state index in [9.17, 15) is 24.3 Å². The molecule has 4 fully saturated rings. The molecule has 0 unspecified atom stereocenters. The van der Waals surface area contributed by atoms with Gasteiger partial charge < -0.3 is 29.3 Å². The molecule has 5 rings (SSSR count). The molecular weight excluding hydrogens is 610 g/mol. The number of esters is 1. The van der Waals surface area contributed by atoms with E-state index in [-0.39, 0.29) is 36.8 Å². The Hall–Kier alpha value is -3.50. The minimum atomic E-state index is -1.20. The smallest absolute Gasteiger partial charge is 0.313 e. The third-order valence-electron chi connectivity index (χ3n) is 11.3. The molecule has 3 saturated heterocycles. The summed E-state index contributed by atoms with van der Waals surface area (Å²) in [6, 6.07) is 7.26. The summed E-state index contributed by atoms with van der Waals surface area (Å²) in [6.07, 6.45) is 9.23. The summed E-state index contributed by atoms with van der Waals surface area (Å²) in [5.74, 6) is -3.07. The van der Waals surface area contributed by atoms with Gasteiger partial charge in [0, 0.05) is 26.1 Å². The monoisotopic (exact) mass is 663 g/mol. The standard InChI is InChI=1S/C38H53N3O7/c1-6-9-20-30(43)39(5)25(4)33(26-16-12-10-13-17-26)47-37(46)31-29-21-22-38(48-29)32(31)35(44)41(27(8-3)24-42)34(38)36(45)40(23-7-2)28-18-14-11-15-19-28/h6-7,10,12-13,16-17,25,27-29,31-34,42H,1-2,8-9,11,14-15,18-24H2,3-5H3/t25-,27-,29+,31-,32-,33+,34+,38-/m0/s1. The number of nitrogens with zero attached hydrogens (tertiary/aromatic N) is 3. The van der Waals surface area contributed by atoms with E-state index >= 15 is 0 Å². The Labute approximate surface area is 285 Å². The Morgan fingerprint density at radius 1 is 1.12 bits per heavy atom. The lowest BCUT2D eigenvalue weighted by atomic mass is 9.70. The fourth-order valence-corrected chi connectivity index (χ4v) is 8.68. The van der Waals surface area contributed by atoms with Crippen molar-refractivity contribution in [2.75, 3.05) is 20.2 Å². The van der Waals surface area contributed by atoms with Crippen LogP contribution < -0.4 is 0 Å². The molecule has 262 valence electrons. The molecule has 1 saturated carbocycles. The van der Waals surface area contributed by atoms with Gasteiger partial charge in [-0.25, -0.2) is 0 Å². The molecule has 1 aromatic rings. The second kappa shape index (κ2) is 15.4. The van der Waals surface area contributed by atoms with Crippen molar-refractivity contribution >= 4 is 23.7 Å². The van der Waals surface area contributed by atoms with Gasteiger partial charge >= 0.3 is 5.97 Å². The Kier molecular flexibility index (Phi) is 11.5. The van der Waals surface area contributed by atoms with Crippen LogP contribution in [0.5, 0.6) is 0 Å². The van der Waals surface area contributed by atoms with Crippen LogP contribution in [0, 0.1) is 11.8 Å². The molecule has 4 aliphatic rings. The van der Waals surface area contributed by atoms with Gasteiger partial charge in [0.2, 0.25) is 17.7 Å². The molecule has 48 heavy (non-hydrogen) atoms. The minimum absolute atomic E-state index is 0.0320. The fraction of sp³-hybridized carbons (Fsp3) is 0.632. The summed E-state index contributed by atoms with van der Waals surface area (Å²) in [4.78, 5) is 61.7. The number of hydrogen-bond donors (Lipinski definition) is 1. The zero-order chi connectivity index (χ0) is 34.6. The summed E-state index contributed by atoms with van der Waals surface area (Å²) >= 11 is 0. The minimum Gasteiger partial charge on any atom is -0.455 e. The van der Waals surface area contributed by atoms with E-state index in [1.54, 1.807) is 24.1 Å². The number of carbonyl (C=O) groups is 4. The highest BCUT2D eigenvalue weighted by molar-refractivity contribution is 5.98. The Bertz CT molecular complexity index is 1340. The van der Waals surface area contributed by atoms with Gasteiger partial charge in [0.25, 0.3) is 0 Å². The van der Waals surface area contributed by atoms with Crippen molar-refractivity contribution in [2.24, 2.45) is 11.8 Å². The van der Waals surface area contributed by atoms with Crippen LogP contribution in [0.2, 0.25) is 0 Å². The molecular formula is C38H53N3O7. The van der Waals surface area contributed by atoms with Crippen molar-refractivity contribution in [3.63, 3.8) is 0 Å². The average Bonchev–Trinajstić information content (AvgIpc) is 3.76. The average molecular weight is 664 g/mol. The van der Waals surface area contributed by atoms with Gasteiger partial charge in [-0.1, -0.05) is 68.7 Å². The predicted octanol–water partition coefficient (Wildman–Crippen LogP) is 4.58. The van der Waals surface area contributed by atoms with E-state index in [2.05, 4.69) is 13.2 Å². The molecule has 1 aliphatic carbocycles. The number of carbonyl (C=O) groups excluding carboxylic acids is 4. The first-order valence-corrected chi connectivity index (χ1v) is 17.8. The molecule has 1 aromatic carbocycles. The highest BCUT2D eigenvalue weighted by Gasteiger charge is 2.75. The van der Waals surface area contributed by atoms with E-state index < -0.39 is 53.7 Å². The largest absolute Gasteiger partial charge is 0.455 e. The maximum Gasteiger partial charge on any atom is 0.313 e. The van der Waals surface area contributed by atoms with Crippen molar-refractivity contribution in [3.05, 3.63) is 61.2 Å². The highest BCUT2D eigenvalue weighted by atomic mass is 16.6. The molecule has 1 N–H and O–H groups in total. The van der Waals surface area contributed by atoms with Crippen LogP contribution >= 0.6 is 0 Å². The molecule has 10 heteroatoms. The number of hydrogen-bond acceptors (Lipinski definition) is 7. The molecule has 2 bridgehead atoms. The van der Waals surface area contributed by atoms with E-state index in [1.807, 2.05) is 49.1 Å². The van der Waals surface area contributed by atoms with Crippen molar-refractivity contribution in [2.45, 2.75) is 120 Å². The number of aliphatic hydroxyl groups is 1. The van der Waals surface area contributed by atoms with Crippen LogP contribution in [0.15, 0.2) is 55.6 Å². The zero-order valence-corrected chi connectivity index (χ0v) is 28.8. The first-order chi connectivity index (χ1) is 23.1. The molecule has 10 nitrogen and oxygen atoms in total. The van der Waals surface area contributed by atoms with Gasteiger partial charge in [-0.15, -0.1) is 13.2 Å². The first kappa shape index (κ1) is 35.8. The van der Waals surface area contributed by atoms with Gasteiger partial charge in [0.05, 0.1) is 36.6 Å². The number of benzene rings is 1. The summed E-state index contributed by atoms with van der Waals surface area (Å²) in [6.45, 7) is 11.4. The van der Waals surface area contributed by atoms with Crippen LogP contribution in [0.4, 0.5) is 0 Å². The normalized spacial score (nSPS) is 28.3. The van der Waals surface area contributed by atoms with E-state index in [0.29, 0.717) is 32.2 Å². The lowest BCUT2D eigenvalue weighted by Crippen LogP contribution is -2.60. The third-order valence-corrected chi connectivity index (χ3v) is 11.3. The quantitative estimate of drug-likeness (QED) is 0.216. The fourth-order valence-electron chi connectivity index (χ4n) is 8.68.